The van der Waals surface area contributed by atoms with Gasteiger partial charge in [0.1, 0.15) is 5.54 Å². The number of anilines is 1. The van der Waals surface area contributed by atoms with Crippen molar-refractivity contribution in [3.05, 3.63) is 137 Å². The first-order chi connectivity index (χ1) is 19.2. The van der Waals surface area contributed by atoms with Crippen LogP contribution in [0.3, 0.4) is 0 Å². The Bertz CT molecular complexity index is 1520. The molecule has 202 valence electrons. The van der Waals surface area contributed by atoms with Gasteiger partial charge in [0, 0.05) is 17.2 Å². The zero-order valence-corrected chi connectivity index (χ0v) is 22.7. The van der Waals surface area contributed by atoms with Crippen LogP contribution in [0.4, 0.5) is 10.5 Å². The molecule has 0 bridgehead atoms. The van der Waals surface area contributed by atoms with Crippen molar-refractivity contribution in [3.8, 4) is 0 Å². The zero-order valence-electron chi connectivity index (χ0n) is 22.7. The van der Waals surface area contributed by atoms with Gasteiger partial charge in [-0.25, -0.2) is 9.59 Å². The largest absolute Gasteiger partial charge is 0.479 e. The molecule has 0 aliphatic carbocycles. The lowest BCUT2D eigenvalue weighted by molar-refractivity contribution is -0.148. The summed E-state index contributed by atoms with van der Waals surface area (Å²) in [5, 5.41) is 13.8. The number of nitrogens with zero attached hydrogens (tertiary/aromatic N) is 1. The Morgan fingerprint density at radius 1 is 0.725 bits per heavy atom. The van der Waals surface area contributed by atoms with Gasteiger partial charge in [-0.1, -0.05) is 108 Å². The van der Waals surface area contributed by atoms with Crippen molar-refractivity contribution in [3.63, 3.8) is 0 Å². The number of hydrogen-bond donors (Lipinski definition) is 2. The minimum Gasteiger partial charge on any atom is -0.479 e. The fourth-order valence-corrected chi connectivity index (χ4v) is 5.93. The Morgan fingerprint density at radius 3 is 1.80 bits per heavy atom. The minimum atomic E-state index is -1.75. The maximum absolute atomic E-state index is 14.4. The average molecular weight is 533 g/mol. The number of carboxylic acid groups (broad SMARTS) is 1. The molecule has 4 atom stereocenters. The van der Waals surface area contributed by atoms with Gasteiger partial charge in [0.25, 0.3) is 0 Å². The number of aryl methyl sites for hydroxylation is 2. The third-order valence-electron chi connectivity index (χ3n) is 7.98. The Balaban J connectivity index is 1.75. The molecule has 0 saturated carbocycles. The van der Waals surface area contributed by atoms with Gasteiger partial charge in [-0.05, 0) is 44.0 Å². The third kappa shape index (κ3) is 4.77. The van der Waals surface area contributed by atoms with Crippen LogP contribution >= 0.6 is 0 Å². The number of Topliss-reactive ketones (excluding diaryl/α,β-unsaturated/α-hetero) is 1. The lowest BCUT2D eigenvalue weighted by Gasteiger charge is -2.37. The summed E-state index contributed by atoms with van der Waals surface area (Å²) in [5.74, 6) is -3.08. The molecule has 4 aromatic rings. The number of carbonyl (C=O) groups excluding carboxylic acids is 2. The van der Waals surface area contributed by atoms with Gasteiger partial charge in [-0.3, -0.25) is 9.69 Å². The number of rotatable bonds is 6. The van der Waals surface area contributed by atoms with Gasteiger partial charge in [0.15, 0.2) is 5.78 Å². The number of aliphatic carboxylic acids is 1. The fourth-order valence-electron chi connectivity index (χ4n) is 5.93. The fraction of sp³-hybridized carbons (Fsp3) is 0.206. The molecule has 40 heavy (non-hydrogen) atoms. The second-order valence-corrected chi connectivity index (χ2v) is 10.6. The topological polar surface area (TPSA) is 86.7 Å². The van der Waals surface area contributed by atoms with Crippen LogP contribution < -0.4 is 5.32 Å². The van der Waals surface area contributed by atoms with Crippen molar-refractivity contribution in [2.75, 3.05) is 5.32 Å². The molecule has 0 aromatic heterocycles. The summed E-state index contributed by atoms with van der Waals surface area (Å²) >= 11 is 0. The molecule has 2 N–H and O–H groups in total. The monoisotopic (exact) mass is 532 g/mol. The van der Waals surface area contributed by atoms with Crippen LogP contribution in [0, 0.1) is 19.8 Å². The van der Waals surface area contributed by atoms with Crippen molar-refractivity contribution >= 4 is 23.5 Å². The van der Waals surface area contributed by atoms with E-state index in [1.54, 1.807) is 43.3 Å². The average Bonchev–Trinajstić information content (AvgIpc) is 3.25. The number of carboxylic acids is 1. The molecular weight excluding hydrogens is 500 g/mol. The van der Waals surface area contributed by atoms with E-state index in [1.807, 2.05) is 86.6 Å². The number of benzene rings is 4. The van der Waals surface area contributed by atoms with Gasteiger partial charge in [0.05, 0.1) is 12.0 Å². The SMILES string of the molecule is Cc1ccc(NC(=O)N2C(c3ccc(C)cc3)C(C(=O)c3ccccc3)C(c3ccccc3)C2(C)C(=O)O)cc1. The van der Waals surface area contributed by atoms with Gasteiger partial charge < -0.3 is 10.4 Å². The minimum absolute atomic E-state index is 0.210. The molecule has 6 nitrogen and oxygen atoms in total. The molecule has 1 fully saturated rings. The predicted molar refractivity (Wildman–Crippen MR) is 155 cm³/mol. The quantitative estimate of drug-likeness (QED) is 0.261. The van der Waals surface area contributed by atoms with E-state index in [4.69, 9.17) is 0 Å². The predicted octanol–water partition coefficient (Wildman–Crippen LogP) is 7.02. The second kappa shape index (κ2) is 10.8. The highest BCUT2D eigenvalue weighted by atomic mass is 16.4. The maximum atomic E-state index is 14.4. The molecule has 0 radical (unpaired) electrons. The van der Waals surface area contributed by atoms with Crippen LogP contribution in [0.1, 0.15) is 51.5 Å². The summed E-state index contributed by atoms with van der Waals surface area (Å²) in [4.78, 5) is 43.3. The Kier molecular flexibility index (Phi) is 7.26. The summed E-state index contributed by atoms with van der Waals surface area (Å²) in [6.07, 6.45) is 0. The summed E-state index contributed by atoms with van der Waals surface area (Å²) in [5.41, 5.74) is 2.70. The zero-order chi connectivity index (χ0) is 28.4. The van der Waals surface area contributed by atoms with E-state index in [0.29, 0.717) is 22.4 Å². The number of hydrogen-bond acceptors (Lipinski definition) is 3. The summed E-state index contributed by atoms with van der Waals surface area (Å²) in [7, 11) is 0. The Hall–Kier alpha value is -4.71. The lowest BCUT2D eigenvalue weighted by Crippen LogP contribution is -2.55. The third-order valence-corrected chi connectivity index (χ3v) is 7.98. The molecule has 1 heterocycles. The van der Waals surface area contributed by atoms with E-state index < -0.39 is 35.4 Å². The van der Waals surface area contributed by atoms with Crippen molar-refractivity contribution in [2.24, 2.45) is 5.92 Å². The van der Waals surface area contributed by atoms with Crippen LogP contribution in [0.15, 0.2) is 109 Å². The van der Waals surface area contributed by atoms with Crippen molar-refractivity contribution in [1.82, 2.24) is 4.90 Å². The van der Waals surface area contributed by atoms with E-state index in [-0.39, 0.29) is 5.78 Å². The van der Waals surface area contributed by atoms with E-state index >= 15 is 0 Å². The first-order valence-electron chi connectivity index (χ1n) is 13.3. The molecule has 1 aliphatic heterocycles. The van der Waals surface area contributed by atoms with Gasteiger partial charge >= 0.3 is 12.0 Å². The molecule has 1 aliphatic rings. The van der Waals surface area contributed by atoms with Gasteiger partial charge in [-0.15, -0.1) is 0 Å². The molecule has 0 spiro atoms. The van der Waals surface area contributed by atoms with E-state index in [1.165, 1.54) is 4.90 Å². The Labute approximate surface area is 234 Å². The van der Waals surface area contributed by atoms with Crippen molar-refractivity contribution in [2.45, 2.75) is 38.3 Å². The van der Waals surface area contributed by atoms with Crippen LogP contribution in [-0.4, -0.2) is 33.3 Å². The molecule has 4 unspecified atom stereocenters. The van der Waals surface area contributed by atoms with Gasteiger partial charge in [-0.2, -0.15) is 0 Å². The highest BCUT2D eigenvalue weighted by Crippen LogP contribution is 2.56. The highest BCUT2D eigenvalue weighted by molar-refractivity contribution is 6.03. The van der Waals surface area contributed by atoms with Crippen molar-refractivity contribution < 1.29 is 19.5 Å². The number of urea groups is 1. The number of carbonyl (C=O) groups is 3. The second-order valence-electron chi connectivity index (χ2n) is 10.6. The van der Waals surface area contributed by atoms with Crippen LogP contribution in [-0.2, 0) is 4.79 Å². The molecule has 6 heteroatoms. The molecule has 5 rings (SSSR count). The summed E-state index contributed by atoms with van der Waals surface area (Å²) < 4.78 is 0. The highest BCUT2D eigenvalue weighted by Gasteiger charge is 2.65. The molecule has 1 saturated heterocycles. The Morgan fingerprint density at radius 2 is 1.25 bits per heavy atom. The number of ketones is 1. The lowest BCUT2D eigenvalue weighted by atomic mass is 9.71. The number of likely N-dealkylation sites (tertiary alicyclic amines) is 1. The molecule has 2 amide bonds. The first-order valence-corrected chi connectivity index (χ1v) is 13.3. The maximum Gasteiger partial charge on any atom is 0.330 e. The normalized spacial score (nSPS) is 22.1. The van der Waals surface area contributed by atoms with Crippen LogP contribution in [0.2, 0.25) is 0 Å². The van der Waals surface area contributed by atoms with Crippen LogP contribution in [0.5, 0.6) is 0 Å². The van der Waals surface area contributed by atoms with Crippen LogP contribution in [0.25, 0.3) is 0 Å². The number of amides is 2. The summed E-state index contributed by atoms with van der Waals surface area (Å²) in [6, 6.07) is 31.6. The molecule has 4 aromatic carbocycles. The van der Waals surface area contributed by atoms with E-state index in [0.717, 1.165) is 11.1 Å². The summed E-state index contributed by atoms with van der Waals surface area (Å²) in [6.45, 7) is 5.47. The van der Waals surface area contributed by atoms with E-state index in [2.05, 4.69) is 5.32 Å². The first kappa shape index (κ1) is 26.9. The smallest absolute Gasteiger partial charge is 0.330 e. The standard InChI is InChI=1S/C34H32N2O4/c1-22-14-18-25(19-15-22)30-28(31(37)26-12-8-5-9-13-26)29(24-10-6-4-7-11-24)34(3,32(38)39)36(30)33(40)35-27-20-16-23(2)17-21-27/h4-21,28-30H,1-3H3,(H,35,40)(H,38,39). The van der Waals surface area contributed by atoms with Crippen molar-refractivity contribution in [1.29, 1.82) is 0 Å². The van der Waals surface area contributed by atoms with E-state index in [9.17, 15) is 19.5 Å². The molecular formula is C34H32N2O4. The number of nitrogens with one attached hydrogen (secondary N) is 1. The van der Waals surface area contributed by atoms with Gasteiger partial charge in [0.2, 0.25) is 0 Å².